The van der Waals surface area contributed by atoms with E-state index in [0.717, 1.165) is 41.0 Å². The highest BCUT2D eigenvalue weighted by molar-refractivity contribution is 7.16. The number of thiazole rings is 1. The fraction of sp³-hybridized carbons (Fsp3) is 0.400. The van der Waals surface area contributed by atoms with Crippen molar-refractivity contribution in [3.63, 3.8) is 0 Å². The number of aromatic nitrogens is 3. The Morgan fingerprint density at radius 2 is 2.00 bits per heavy atom. The van der Waals surface area contributed by atoms with Crippen molar-refractivity contribution in [2.45, 2.75) is 52.0 Å². The van der Waals surface area contributed by atoms with Crippen molar-refractivity contribution in [1.82, 2.24) is 19.9 Å². The maximum Gasteiger partial charge on any atom is 0.265 e. The number of carbonyl (C=O) groups is 3. The molecule has 2 aromatic heterocycles. The van der Waals surface area contributed by atoms with Gasteiger partial charge in [0.15, 0.2) is 0 Å². The Labute approximate surface area is 182 Å². The van der Waals surface area contributed by atoms with Gasteiger partial charge < -0.3 is 15.4 Å². The van der Waals surface area contributed by atoms with E-state index in [1.54, 1.807) is 25.4 Å². The molecular formula is C20H23N5O3S2. The summed E-state index contributed by atoms with van der Waals surface area (Å²) in [6.45, 7) is 3.28. The van der Waals surface area contributed by atoms with Crippen LogP contribution in [0.15, 0.2) is 23.7 Å². The minimum atomic E-state index is -0.700. The maximum absolute atomic E-state index is 12.9. The number of aryl methyl sites for hydroxylation is 1. The Morgan fingerprint density at radius 1 is 1.17 bits per heavy atom. The summed E-state index contributed by atoms with van der Waals surface area (Å²) in [5.74, 6) is -0.484. The van der Waals surface area contributed by atoms with Crippen LogP contribution in [-0.2, 0) is 9.59 Å². The Kier molecular flexibility index (Phi) is 7.58. The minimum Gasteiger partial charge on any atom is -0.339 e. The molecule has 0 fully saturated rings. The number of fused-ring (bicyclic) bond motifs is 1. The number of rotatable bonds is 10. The third kappa shape index (κ3) is 5.90. The van der Waals surface area contributed by atoms with E-state index in [4.69, 9.17) is 0 Å². The summed E-state index contributed by atoms with van der Waals surface area (Å²) in [4.78, 5) is 41.3. The van der Waals surface area contributed by atoms with Gasteiger partial charge in [-0.05, 0) is 56.4 Å². The van der Waals surface area contributed by atoms with E-state index in [9.17, 15) is 14.4 Å². The van der Waals surface area contributed by atoms with Crippen molar-refractivity contribution in [2.24, 2.45) is 0 Å². The van der Waals surface area contributed by atoms with Crippen LogP contribution < -0.4 is 10.6 Å². The summed E-state index contributed by atoms with van der Waals surface area (Å²) in [5.41, 5.74) is 3.82. The Balaban J connectivity index is 1.66. The van der Waals surface area contributed by atoms with Gasteiger partial charge in [0.25, 0.3) is 5.91 Å². The number of Topliss-reactive ketones (excluding diaryl/α,β-unsaturated/α-hetero) is 1. The summed E-state index contributed by atoms with van der Waals surface area (Å²) < 4.78 is 4.76. The molecule has 0 saturated heterocycles. The number of hydrogen-bond acceptors (Lipinski definition) is 8. The summed E-state index contributed by atoms with van der Waals surface area (Å²) in [6, 6.07) is 4.81. The first kappa shape index (κ1) is 22.0. The van der Waals surface area contributed by atoms with Gasteiger partial charge in [-0.3, -0.25) is 9.59 Å². The third-order valence-electron chi connectivity index (χ3n) is 4.60. The molecule has 0 aliphatic heterocycles. The lowest BCUT2D eigenvalue weighted by molar-refractivity contribution is -0.118. The first-order valence-electron chi connectivity index (χ1n) is 9.67. The molecule has 0 saturated carbocycles. The molecule has 0 bridgehead atoms. The molecule has 0 aliphatic rings. The van der Waals surface area contributed by atoms with Crippen LogP contribution in [0, 0.1) is 6.92 Å². The van der Waals surface area contributed by atoms with Gasteiger partial charge in [-0.15, -0.1) is 16.4 Å². The number of benzene rings is 1. The van der Waals surface area contributed by atoms with Crippen LogP contribution in [-0.4, -0.2) is 38.2 Å². The highest BCUT2D eigenvalue weighted by atomic mass is 32.1. The van der Waals surface area contributed by atoms with Crippen LogP contribution in [0.2, 0.25) is 0 Å². The normalized spacial score (nSPS) is 11.9. The van der Waals surface area contributed by atoms with Crippen LogP contribution in [0.4, 0.5) is 5.69 Å². The smallest absolute Gasteiger partial charge is 0.265 e. The first-order valence-corrected chi connectivity index (χ1v) is 11.3. The number of unbranched alkanes of at least 4 members (excludes halogenated alkanes) is 2. The minimum absolute atomic E-state index is 0.157. The molecule has 3 aromatic rings. The van der Waals surface area contributed by atoms with Gasteiger partial charge >= 0.3 is 0 Å². The lowest BCUT2D eigenvalue weighted by atomic mass is 10.0. The fourth-order valence-corrected chi connectivity index (χ4v) is 4.27. The van der Waals surface area contributed by atoms with E-state index in [0.29, 0.717) is 29.1 Å². The molecule has 158 valence electrons. The number of nitrogens with one attached hydrogen (secondary N) is 2. The van der Waals surface area contributed by atoms with Crippen LogP contribution in [0.3, 0.4) is 0 Å². The highest BCUT2D eigenvalue weighted by Crippen LogP contribution is 2.22. The predicted molar refractivity (Wildman–Crippen MR) is 118 cm³/mol. The zero-order valence-electron chi connectivity index (χ0n) is 16.8. The molecule has 8 nitrogen and oxygen atoms in total. The lowest BCUT2D eigenvalue weighted by Gasteiger charge is -2.18. The van der Waals surface area contributed by atoms with Crippen molar-refractivity contribution in [3.8, 4) is 0 Å². The number of nitrogens with zero attached hydrogens (tertiary/aromatic N) is 3. The molecule has 30 heavy (non-hydrogen) atoms. The van der Waals surface area contributed by atoms with E-state index < -0.39 is 6.04 Å². The molecule has 1 aromatic carbocycles. The predicted octanol–water partition coefficient (Wildman–Crippen LogP) is 3.73. The zero-order valence-corrected chi connectivity index (χ0v) is 18.4. The molecule has 2 N–H and O–H groups in total. The van der Waals surface area contributed by atoms with E-state index in [1.807, 2.05) is 12.1 Å². The Bertz CT molecular complexity index is 1050. The highest BCUT2D eigenvalue weighted by Gasteiger charge is 2.23. The number of carbonyl (C=O) groups excluding carboxylic acids is 3. The van der Waals surface area contributed by atoms with Crippen LogP contribution >= 0.6 is 22.9 Å². The second-order valence-electron chi connectivity index (χ2n) is 7.04. The Hall–Kier alpha value is -2.72. The van der Waals surface area contributed by atoms with Crippen molar-refractivity contribution < 1.29 is 14.4 Å². The molecule has 2 heterocycles. The van der Waals surface area contributed by atoms with Gasteiger partial charge in [-0.1, -0.05) is 17.3 Å². The summed E-state index contributed by atoms with van der Waals surface area (Å²) in [6.07, 6.45) is 3.32. The molecule has 0 aliphatic carbocycles. The van der Waals surface area contributed by atoms with E-state index in [2.05, 4.69) is 25.2 Å². The van der Waals surface area contributed by atoms with Crippen LogP contribution in [0.25, 0.3) is 10.2 Å². The molecule has 1 atom stereocenters. The molecule has 3 rings (SSSR count). The van der Waals surface area contributed by atoms with E-state index in [1.165, 1.54) is 11.3 Å². The lowest BCUT2D eigenvalue weighted by Crippen LogP contribution is -2.43. The van der Waals surface area contributed by atoms with Gasteiger partial charge in [0.2, 0.25) is 5.91 Å². The largest absolute Gasteiger partial charge is 0.339 e. The van der Waals surface area contributed by atoms with Crippen LogP contribution in [0.5, 0.6) is 0 Å². The number of hydrogen-bond donors (Lipinski definition) is 2. The van der Waals surface area contributed by atoms with Gasteiger partial charge in [0.05, 0.1) is 21.4 Å². The van der Waals surface area contributed by atoms with Crippen molar-refractivity contribution in [2.75, 3.05) is 5.32 Å². The molecule has 2 amide bonds. The van der Waals surface area contributed by atoms with Crippen LogP contribution in [0.1, 0.15) is 54.4 Å². The third-order valence-corrected chi connectivity index (χ3v) is 6.22. The summed E-state index contributed by atoms with van der Waals surface area (Å²) >= 11 is 2.50. The molecule has 0 radical (unpaired) electrons. The molecule has 0 unspecified atom stereocenters. The monoisotopic (exact) mass is 445 g/mol. The second kappa shape index (κ2) is 10.4. The SMILES string of the molecule is CC(=O)CCCCC[C@H](NC(=O)c1snnc1C)C(=O)Nc1ccc2ncsc2c1. The first-order chi connectivity index (χ1) is 14.4. The molecular weight excluding hydrogens is 422 g/mol. The van der Waals surface area contributed by atoms with Gasteiger partial charge in [0.1, 0.15) is 16.7 Å². The second-order valence-corrected chi connectivity index (χ2v) is 8.68. The van der Waals surface area contributed by atoms with E-state index in [-0.39, 0.29) is 17.6 Å². The van der Waals surface area contributed by atoms with Crippen molar-refractivity contribution in [1.29, 1.82) is 0 Å². The van der Waals surface area contributed by atoms with Crippen molar-refractivity contribution >= 4 is 56.4 Å². The number of anilines is 1. The fourth-order valence-electron chi connectivity index (χ4n) is 2.99. The standard InChI is InChI=1S/C20H23N5O3S2/c1-12(26)6-4-3-5-7-16(23-20(28)18-13(2)24-25-30-18)19(27)22-14-8-9-15-17(10-14)29-11-21-15/h8-11,16H,3-7H2,1-2H3,(H,22,27)(H,23,28)/t16-/m0/s1. The summed E-state index contributed by atoms with van der Waals surface area (Å²) in [5, 5.41) is 9.56. The molecule has 0 spiro atoms. The average molecular weight is 446 g/mol. The average Bonchev–Trinajstić information content (AvgIpc) is 3.34. The number of ketones is 1. The van der Waals surface area contributed by atoms with E-state index >= 15 is 0 Å². The van der Waals surface area contributed by atoms with Crippen molar-refractivity contribution in [3.05, 3.63) is 34.3 Å². The van der Waals surface area contributed by atoms with Gasteiger partial charge in [-0.2, -0.15) is 0 Å². The van der Waals surface area contributed by atoms with Gasteiger partial charge in [-0.25, -0.2) is 4.98 Å². The topological polar surface area (TPSA) is 114 Å². The summed E-state index contributed by atoms with van der Waals surface area (Å²) in [7, 11) is 0. The quantitative estimate of drug-likeness (QED) is 0.460. The zero-order chi connectivity index (χ0) is 21.5. The maximum atomic E-state index is 12.9. The number of amides is 2. The molecule has 10 heteroatoms. The van der Waals surface area contributed by atoms with Gasteiger partial charge in [0, 0.05) is 12.1 Å². The Morgan fingerprint density at radius 3 is 2.73 bits per heavy atom.